The molecule has 4 aromatic rings. The predicted molar refractivity (Wildman–Crippen MR) is 133 cm³/mol. The number of fused-ring (bicyclic) bond motifs is 1. The molecular formula is C23H16Cl2N4O4S. The number of rotatable bonds is 5. The number of benzene rings is 3. The van der Waals surface area contributed by atoms with Crippen LogP contribution >= 0.6 is 34.5 Å². The first-order valence-electron chi connectivity index (χ1n) is 10.3. The van der Waals surface area contributed by atoms with Crippen LogP contribution in [-0.2, 0) is 0 Å². The van der Waals surface area contributed by atoms with Gasteiger partial charge in [-0.1, -0.05) is 58.8 Å². The number of nitro benzene ring substituents is 2. The van der Waals surface area contributed by atoms with Gasteiger partial charge in [-0.15, -0.1) is 0 Å². The van der Waals surface area contributed by atoms with Crippen LogP contribution < -0.4 is 4.90 Å². The Hall–Kier alpha value is -3.27. The quantitative estimate of drug-likeness (QED) is 0.201. The van der Waals surface area contributed by atoms with Crippen molar-refractivity contribution >= 4 is 61.3 Å². The predicted octanol–water partition coefficient (Wildman–Crippen LogP) is 7.50. The zero-order valence-electron chi connectivity index (χ0n) is 17.4. The number of aromatic nitrogens is 1. The second-order valence-electron chi connectivity index (χ2n) is 7.92. The van der Waals surface area contributed by atoms with Crippen LogP contribution in [0.2, 0.25) is 10.0 Å². The molecular weight excluding hydrogens is 499 g/mol. The topological polar surface area (TPSA) is 102 Å². The first kappa shape index (κ1) is 22.5. The minimum atomic E-state index is -0.497. The molecule has 0 aliphatic carbocycles. The molecule has 3 aromatic carbocycles. The number of para-hydroxylation sites is 1. The lowest BCUT2D eigenvalue weighted by atomic mass is 10.0. The van der Waals surface area contributed by atoms with Crippen LogP contribution in [0.4, 0.5) is 16.5 Å². The fourth-order valence-corrected chi connectivity index (χ4v) is 5.90. The molecule has 1 fully saturated rings. The minimum Gasteiger partial charge on any atom is -0.334 e. The third-order valence-corrected chi connectivity index (χ3v) is 7.68. The van der Waals surface area contributed by atoms with Crippen LogP contribution in [-0.4, -0.2) is 14.8 Å². The molecule has 0 bridgehead atoms. The molecule has 2 unspecified atom stereocenters. The number of thiazole rings is 1. The SMILES string of the molecule is O=[N+]([O-])c1cc(C2CCC(c3ccc(Cl)c([N+](=O)[O-])c3)N2c2nc3ccccc3s2)ccc1Cl. The van der Waals surface area contributed by atoms with Crippen molar-refractivity contribution in [1.29, 1.82) is 0 Å². The molecule has 1 aliphatic heterocycles. The van der Waals surface area contributed by atoms with E-state index in [1.54, 1.807) is 12.1 Å². The number of anilines is 1. The zero-order chi connectivity index (χ0) is 24.0. The van der Waals surface area contributed by atoms with E-state index in [1.165, 1.54) is 35.6 Å². The van der Waals surface area contributed by atoms with Crippen LogP contribution in [0.15, 0.2) is 60.7 Å². The molecule has 0 saturated carbocycles. The molecule has 1 aromatic heterocycles. The average Bonchev–Trinajstić information content (AvgIpc) is 3.43. The lowest BCUT2D eigenvalue weighted by Crippen LogP contribution is -2.26. The Morgan fingerprint density at radius 1 is 0.853 bits per heavy atom. The van der Waals surface area contributed by atoms with Crippen molar-refractivity contribution < 1.29 is 9.85 Å². The maximum Gasteiger partial charge on any atom is 0.288 e. The molecule has 34 heavy (non-hydrogen) atoms. The molecule has 1 saturated heterocycles. The van der Waals surface area contributed by atoms with Gasteiger partial charge >= 0.3 is 0 Å². The molecule has 2 atom stereocenters. The number of nitro groups is 2. The molecule has 11 heteroatoms. The van der Waals surface area contributed by atoms with Gasteiger partial charge in [-0.05, 0) is 48.2 Å². The van der Waals surface area contributed by atoms with Crippen molar-refractivity contribution in [3.63, 3.8) is 0 Å². The Labute approximate surface area is 207 Å². The zero-order valence-corrected chi connectivity index (χ0v) is 19.8. The fraction of sp³-hybridized carbons (Fsp3) is 0.174. The average molecular weight is 515 g/mol. The van der Waals surface area contributed by atoms with Crippen LogP contribution in [0.3, 0.4) is 0 Å². The molecule has 8 nitrogen and oxygen atoms in total. The lowest BCUT2D eigenvalue weighted by Gasteiger charge is -2.30. The Bertz CT molecular complexity index is 1340. The molecule has 0 amide bonds. The van der Waals surface area contributed by atoms with Gasteiger partial charge in [-0.3, -0.25) is 20.2 Å². The van der Waals surface area contributed by atoms with Crippen LogP contribution in [0.5, 0.6) is 0 Å². The summed E-state index contributed by atoms with van der Waals surface area (Å²) in [6.07, 6.45) is 1.35. The largest absolute Gasteiger partial charge is 0.334 e. The number of halogens is 2. The molecule has 2 heterocycles. The molecule has 1 aliphatic rings. The van der Waals surface area contributed by atoms with Crippen LogP contribution in [0.1, 0.15) is 36.1 Å². The van der Waals surface area contributed by atoms with Gasteiger partial charge in [0.2, 0.25) is 0 Å². The summed E-state index contributed by atoms with van der Waals surface area (Å²) >= 11 is 13.6. The van der Waals surface area contributed by atoms with E-state index in [0.29, 0.717) is 12.8 Å². The Kier molecular flexibility index (Phi) is 5.85. The second kappa shape index (κ2) is 8.83. The van der Waals surface area contributed by atoms with Gasteiger partial charge in [-0.25, -0.2) is 4.98 Å². The summed E-state index contributed by atoms with van der Waals surface area (Å²) in [5, 5.41) is 23.9. The first-order chi connectivity index (χ1) is 16.3. The van der Waals surface area contributed by atoms with Gasteiger partial charge in [0.15, 0.2) is 5.13 Å². The van der Waals surface area contributed by atoms with Crippen molar-refractivity contribution in [3.05, 3.63) is 102 Å². The highest BCUT2D eigenvalue weighted by molar-refractivity contribution is 7.22. The van der Waals surface area contributed by atoms with E-state index in [2.05, 4.69) is 4.90 Å². The van der Waals surface area contributed by atoms with Crippen LogP contribution in [0.25, 0.3) is 10.2 Å². The monoisotopic (exact) mass is 514 g/mol. The molecule has 0 radical (unpaired) electrons. The Balaban J connectivity index is 1.64. The summed E-state index contributed by atoms with van der Waals surface area (Å²) in [7, 11) is 0. The van der Waals surface area contributed by atoms with Crippen molar-refractivity contribution in [1.82, 2.24) is 4.98 Å². The van der Waals surface area contributed by atoms with E-state index in [-0.39, 0.29) is 33.5 Å². The summed E-state index contributed by atoms with van der Waals surface area (Å²) in [5.74, 6) is 0. The number of hydrogen-bond donors (Lipinski definition) is 0. The summed E-state index contributed by atoms with van der Waals surface area (Å²) < 4.78 is 1.01. The maximum absolute atomic E-state index is 11.5. The molecule has 0 N–H and O–H groups in total. The molecule has 172 valence electrons. The standard InChI is InChI=1S/C23H16Cl2N4O4S/c24-15-7-5-13(11-20(15)28(30)31)18-9-10-19(14-6-8-16(25)21(12-14)29(32)33)27(18)23-26-17-3-1-2-4-22(17)34-23/h1-8,11-12,18-19H,9-10H2. The van der Waals surface area contributed by atoms with Crippen molar-refractivity contribution in [2.75, 3.05) is 4.90 Å². The van der Waals surface area contributed by atoms with E-state index in [4.69, 9.17) is 28.2 Å². The smallest absolute Gasteiger partial charge is 0.288 e. The van der Waals surface area contributed by atoms with Crippen molar-refractivity contribution in [2.24, 2.45) is 0 Å². The third-order valence-electron chi connectivity index (χ3n) is 5.99. The normalized spacial score (nSPS) is 17.9. The summed E-state index contributed by atoms with van der Waals surface area (Å²) in [4.78, 5) is 28.9. The van der Waals surface area contributed by atoms with Crippen molar-refractivity contribution in [2.45, 2.75) is 24.9 Å². The fourth-order valence-electron chi connectivity index (χ4n) is 4.46. The van der Waals surface area contributed by atoms with Gasteiger partial charge in [0.05, 0.1) is 32.1 Å². The van der Waals surface area contributed by atoms with Gasteiger partial charge < -0.3 is 4.90 Å². The van der Waals surface area contributed by atoms with Gasteiger partial charge in [0, 0.05) is 12.1 Å². The van der Waals surface area contributed by atoms with E-state index >= 15 is 0 Å². The van der Waals surface area contributed by atoms with E-state index in [1.807, 2.05) is 24.3 Å². The number of nitrogens with zero attached hydrogens (tertiary/aromatic N) is 4. The van der Waals surface area contributed by atoms with Crippen molar-refractivity contribution in [3.8, 4) is 0 Å². The molecule has 0 spiro atoms. The van der Waals surface area contributed by atoms with Gasteiger partial charge in [0.1, 0.15) is 10.0 Å². The summed E-state index contributed by atoms with van der Waals surface area (Å²) in [6.45, 7) is 0. The lowest BCUT2D eigenvalue weighted by molar-refractivity contribution is -0.384. The maximum atomic E-state index is 11.5. The Morgan fingerprint density at radius 2 is 1.38 bits per heavy atom. The third kappa shape index (κ3) is 3.96. The van der Waals surface area contributed by atoms with E-state index in [9.17, 15) is 20.2 Å². The second-order valence-corrected chi connectivity index (χ2v) is 9.74. The molecule has 5 rings (SSSR count). The first-order valence-corrected chi connectivity index (χ1v) is 11.9. The van der Waals surface area contributed by atoms with E-state index < -0.39 is 9.85 Å². The Morgan fingerprint density at radius 3 is 1.88 bits per heavy atom. The van der Waals surface area contributed by atoms with Gasteiger partial charge in [-0.2, -0.15) is 0 Å². The summed E-state index contributed by atoms with van der Waals surface area (Å²) in [6, 6.07) is 16.9. The number of hydrogen-bond acceptors (Lipinski definition) is 7. The highest BCUT2D eigenvalue weighted by Crippen LogP contribution is 2.50. The highest BCUT2D eigenvalue weighted by Gasteiger charge is 2.38. The van der Waals surface area contributed by atoms with E-state index in [0.717, 1.165) is 26.5 Å². The summed E-state index contributed by atoms with van der Waals surface area (Å²) in [5.41, 5.74) is 2.00. The van der Waals surface area contributed by atoms with Gasteiger partial charge in [0.25, 0.3) is 11.4 Å². The van der Waals surface area contributed by atoms with Crippen LogP contribution in [0, 0.1) is 20.2 Å². The highest BCUT2D eigenvalue weighted by atomic mass is 35.5. The minimum absolute atomic E-state index is 0.0724.